The molecule has 1 fully saturated rings. The first-order valence-corrected chi connectivity index (χ1v) is 9.22. The molecule has 0 unspecified atom stereocenters. The van der Waals surface area contributed by atoms with Crippen LogP contribution in [0.4, 0.5) is 0 Å². The van der Waals surface area contributed by atoms with Gasteiger partial charge in [-0.3, -0.25) is 4.79 Å². The van der Waals surface area contributed by atoms with Gasteiger partial charge in [0.1, 0.15) is 11.6 Å². The number of aliphatic hydroxyl groups is 2. The molecule has 1 aliphatic carbocycles. The topological polar surface area (TPSA) is 122 Å². The molecule has 7 nitrogen and oxygen atoms in total. The van der Waals surface area contributed by atoms with Crippen LogP contribution in [0.3, 0.4) is 0 Å². The predicted molar refractivity (Wildman–Crippen MR) is 107 cm³/mol. The van der Waals surface area contributed by atoms with E-state index in [9.17, 15) is 14.7 Å². The maximum atomic E-state index is 12.4. The third-order valence-corrected chi connectivity index (χ3v) is 4.68. The van der Waals surface area contributed by atoms with Crippen molar-refractivity contribution in [2.75, 3.05) is 13.7 Å². The monoisotopic (exact) mass is 398 g/mol. The number of methoxy groups -OCH3 is 1. The third-order valence-electron chi connectivity index (χ3n) is 4.68. The predicted octanol–water partition coefficient (Wildman–Crippen LogP) is 0.184. The summed E-state index contributed by atoms with van der Waals surface area (Å²) in [7, 11) is 1.23. The van der Waals surface area contributed by atoms with Crippen LogP contribution in [0.25, 0.3) is 0 Å². The number of amides is 1. The number of hydrogen-bond acceptors (Lipinski definition) is 6. The lowest BCUT2D eigenvalue weighted by atomic mass is 9.72. The quantitative estimate of drug-likeness (QED) is 0.415. The molecular formula is C22H26N2O5. The van der Waals surface area contributed by atoms with Crippen molar-refractivity contribution in [1.82, 2.24) is 5.32 Å². The second-order valence-corrected chi connectivity index (χ2v) is 7.82. The van der Waals surface area contributed by atoms with Crippen molar-refractivity contribution in [2.45, 2.75) is 43.9 Å². The first kappa shape index (κ1) is 22.4. The van der Waals surface area contributed by atoms with Gasteiger partial charge < -0.3 is 26.0 Å². The van der Waals surface area contributed by atoms with Crippen LogP contribution in [-0.4, -0.2) is 53.0 Å². The van der Waals surface area contributed by atoms with Gasteiger partial charge in [-0.25, -0.2) is 4.79 Å². The Morgan fingerprint density at radius 1 is 1.31 bits per heavy atom. The molecule has 29 heavy (non-hydrogen) atoms. The molecule has 7 heteroatoms. The summed E-state index contributed by atoms with van der Waals surface area (Å²) in [5.41, 5.74) is 4.90. The van der Waals surface area contributed by atoms with Gasteiger partial charge >= 0.3 is 5.97 Å². The van der Waals surface area contributed by atoms with Crippen LogP contribution in [0.15, 0.2) is 24.3 Å². The minimum absolute atomic E-state index is 0.0543. The molecule has 2 rings (SSSR count). The van der Waals surface area contributed by atoms with Gasteiger partial charge in [-0.05, 0) is 68.7 Å². The fraction of sp³-hybridized carbons (Fsp3) is 0.455. The number of esters is 1. The Kier molecular flexibility index (Phi) is 7.05. The zero-order valence-corrected chi connectivity index (χ0v) is 16.8. The third kappa shape index (κ3) is 6.07. The summed E-state index contributed by atoms with van der Waals surface area (Å²) >= 11 is 0. The molecule has 0 saturated heterocycles. The number of aliphatic hydroxyl groups excluding tert-OH is 1. The summed E-state index contributed by atoms with van der Waals surface area (Å²) in [6.07, 6.45) is 0.905. The van der Waals surface area contributed by atoms with E-state index in [2.05, 4.69) is 29.0 Å². The van der Waals surface area contributed by atoms with Crippen molar-refractivity contribution in [3.8, 4) is 23.7 Å². The largest absolute Gasteiger partial charge is 0.467 e. The zero-order chi connectivity index (χ0) is 21.7. The van der Waals surface area contributed by atoms with Gasteiger partial charge in [-0.1, -0.05) is 11.8 Å². The second kappa shape index (κ2) is 9.11. The van der Waals surface area contributed by atoms with E-state index in [4.69, 9.17) is 15.6 Å². The summed E-state index contributed by atoms with van der Waals surface area (Å²) in [5, 5.41) is 21.6. The Morgan fingerprint density at radius 2 is 1.93 bits per heavy atom. The molecule has 0 heterocycles. The zero-order valence-electron chi connectivity index (χ0n) is 16.8. The SMILES string of the molecule is COC(=O)[C@@H](NC(=O)c1ccc(C#CC#C[C@]2(O)C[C@@H](CO)C2)cc1)C(C)(C)N. The lowest BCUT2D eigenvalue weighted by Crippen LogP contribution is -2.59. The van der Waals surface area contributed by atoms with Crippen LogP contribution in [0.1, 0.15) is 42.6 Å². The molecule has 5 N–H and O–H groups in total. The highest BCUT2D eigenvalue weighted by Crippen LogP contribution is 2.36. The minimum Gasteiger partial charge on any atom is -0.467 e. The number of rotatable bonds is 5. The van der Waals surface area contributed by atoms with Crippen molar-refractivity contribution in [1.29, 1.82) is 0 Å². The van der Waals surface area contributed by atoms with Crippen LogP contribution in [0.5, 0.6) is 0 Å². The molecule has 0 radical (unpaired) electrons. The highest BCUT2D eigenvalue weighted by Gasteiger charge is 2.40. The lowest BCUT2D eigenvalue weighted by molar-refractivity contribution is -0.144. The van der Waals surface area contributed by atoms with Gasteiger partial charge in [0, 0.05) is 23.3 Å². The van der Waals surface area contributed by atoms with Crippen LogP contribution in [0, 0.1) is 29.6 Å². The molecular weight excluding hydrogens is 372 g/mol. The Bertz CT molecular complexity index is 872. The van der Waals surface area contributed by atoms with Crippen molar-refractivity contribution >= 4 is 11.9 Å². The molecule has 1 aromatic rings. The molecule has 1 amide bonds. The molecule has 1 aliphatic rings. The van der Waals surface area contributed by atoms with E-state index in [1.165, 1.54) is 7.11 Å². The Labute approximate surface area is 170 Å². The maximum Gasteiger partial charge on any atom is 0.330 e. The van der Waals surface area contributed by atoms with Crippen molar-refractivity contribution in [3.63, 3.8) is 0 Å². The first-order valence-electron chi connectivity index (χ1n) is 9.22. The molecule has 0 bridgehead atoms. The van der Waals surface area contributed by atoms with Crippen LogP contribution < -0.4 is 11.1 Å². The fourth-order valence-corrected chi connectivity index (χ4v) is 2.96. The van der Waals surface area contributed by atoms with Crippen molar-refractivity contribution in [3.05, 3.63) is 35.4 Å². The van der Waals surface area contributed by atoms with Gasteiger partial charge in [-0.2, -0.15) is 0 Å². The molecule has 1 aromatic carbocycles. The van der Waals surface area contributed by atoms with Gasteiger partial charge in [0.15, 0.2) is 0 Å². The minimum atomic E-state index is -1.06. The Balaban J connectivity index is 2.00. The average molecular weight is 398 g/mol. The number of benzene rings is 1. The summed E-state index contributed by atoms with van der Waals surface area (Å²) in [6, 6.07) is 5.48. The summed E-state index contributed by atoms with van der Waals surface area (Å²) in [6.45, 7) is 3.30. The summed E-state index contributed by atoms with van der Waals surface area (Å²) in [4.78, 5) is 24.3. The van der Waals surface area contributed by atoms with Crippen molar-refractivity contribution < 1.29 is 24.5 Å². The number of nitrogens with one attached hydrogen (secondary N) is 1. The van der Waals surface area contributed by atoms with Crippen molar-refractivity contribution in [2.24, 2.45) is 11.7 Å². The number of nitrogens with two attached hydrogens (primary N) is 1. The average Bonchev–Trinajstić information content (AvgIpc) is 2.66. The van der Waals surface area contributed by atoms with E-state index in [1.807, 2.05) is 0 Å². The van der Waals surface area contributed by atoms with E-state index in [0.29, 0.717) is 24.0 Å². The summed E-state index contributed by atoms with van der Waals surface area (Å²) in [5.74, 6) is 9.88. The van der Waals surface area contributed by atoms with E-state index >= 15 is 0 Å². The van der Waals surface area contributed by atoms with Crippen LogP contribution >= 0.6 is 0 Å². The molecule has 1 saturated carbocycles. The first-order chi connectivity index (χ1) is 13.6. The molecule has 1 atom stereocenters. The lowest BCUT2D eigenvalue weighted by Gasteiger charge is -2.38. The highest BCUT2D eigenvalue weighted by atomic mass is 16.5. The Morgan fingerprint density at radius 3 is 2.45 bits per heavy atom. The number of carbonyl (C=O) groups is 2. The van der Waals surface area contributed by atoms with Crippen LogP contribution in [0.2, 0.25) is 0 Å². The van der Waals surface area contributed by atoms with E-state index in [0.717, 1.165) is 0 Å². The molecule has 0 aliphatic heterocycles. The normalized spacial score (nSPS) is 21.4. The smallest absolute Gasteiger partial charge is 0.330 e. The molecule has 0 spiro atoms. The van der Waals surface area contributed by atoms with Gasteiger partial charge in [-0.15, -0.1) is 0 Å². The van der Waals surface area contributed by atoms with Gasteiger partial charge in [0.25, 0.3) is 5.91 Å². The number of ether oxygens (including phenoxy) is 1. The van der Waals surface area contributed by atoms with E-state index in [-0.39, 0.29) is 12.5 Å². The molecule has 0 aromatic heterocycles. The summed E-state index contributed by atoms with van der Waals surface area (Å²) < 4.78 is 4.70. The van der Waals surface area contributed by atoms with E-state index < -0.39 is 29.1 Å². The number of hydrogen-bond donors (Lipinski definition) is 4. The molecule has 154 valence electrons. The number of carbonyl (C=O) groups excluding carboxylic acids is 2. The maximum absolute atomic E-state index is 12.4. The standard InChI is InChI=1S/C22H26N2O5/c1-21(2,23)18(20(27)29-3)24-19(26)17-9-7-15(8-10-17)6-4-5-11-22(28)12-16(13-22)14-25/h7-10,16,18,25,28H,12-14,23H2,1-3H3,(H,24,26)/t16-,18-,22+/m1/s1. The second-order valence-electron chi connectivity index (χ2n) is 7.82. The highest BCUT2D eigenvalue weighted by molar-refractivity contribution is 5.97. The Hall–Kier alpha value is -2.84. The van der Waals surface area contributed by atoms with Gasteiger partial charge in [0.2, 0.25) is 0 Å². The van der Waals surface area contributed by atoms with Gasteiger partial charge in [0.05, 0.1) is 7.11 Å². The fourth-order valence-electron chi connectivity index (χ4n) is 2.96. The van der Waals surface area contributed by atoms with E-state index in [1.54, 1.807) is 38.1 Å². The van der Waals surface area contributed by atoms with Crippen LogP contribution in [-0.2, 0) is 9.53 Å².